The highest BCUT2D eigenvalue weighted by molar-refractivity contribution is 5.94. The summed E-state index contributed by atoms with van der Waals surface area (Å²) >= 11 is 0. The van der Waals surface area contributed by atoms with Gasteiger partial charge in [0.1, 0.15) is 6.04 Å². The molecule has 150 valence electrons. The number of amides is 1. The number of carbonyl (C=O) groups is 1. The lowest BCUT2D eigenvalue weighted by molar-refractivity contribution is -0.149. The molecule has 0 saturated heterocycles. The molecule has 1 unspecified atom stereocenters. The third-order valence-electron chi connectivity index (χ3n) is 4.60. The largest absolute Gasteiger partial charge is 0.481 e. The molecule has 0 aliphatic carbocycles. The predicted octanol–water partition coefficient (Wildman–Crippen LogP) is 4.12. The molecule has 0 bridgehead atoms. The first-order valence-electron chi connectivity index (χ1n) is 9.11. The van der Waals surface area contributed by atoms with Crippen LogP contribution in [0.15, 0.2) is 48.0 Å². The molecule has 28 heavy (non-hydrogen) atoms. The number of nitrogens with one attached hydrogen (secondary N) is 2. The number of methoxy groups -OCH3 is 1. The average molecular weight is 393 g/mol. The second kappa shape index (κ2) is 7.71. The normalized spacial score (nSPS) is 20.6. The minimum absolute atomic E-state index is 0.0308. The van der Waals surface area contributed by atoms with Crippen LogP contribution < -0.4 is 10.7 Å². The van der Waals surface area contributed by atoms with Crippen molar-refractivity contribution in [3.63, 3.8) is 0 Å². The Labute approximate surface area is 161 Å². The van der Waals surface area contributed by atoms with Crippen LogP contribution in [0.25, 0.3) is 5.57 Å². The maximum absolute atomic E-state index is 13.2. The second-order valence-corrected chi connectivity index (χ2v) is 6.25. The van der Waals surface area contributed by atoms with Crippen LogP contribution in [0, 0.1) is 0 Å². The summed E-state index contributed by atoms with van der Waals surface area (Å²) in [4.78, 5) is 11.5. The van der Waals surface area contributed by atoms with Crippen molar-refractivity contribution in [3.05, 3.63) is 59.1 Å². The standard InChI is InChI=1S/C18H16F3N3O2.C2H6/c1-26-17-7-4-12(14-9-15(18(19,20)21)23-24(14)17)10-2-5-13-11(8-10)3-6-16(25)22-13;1-2/h2,4-5,7-9,15,23H,3,6H2,1H3,(H,22,25);1-2H3. The Bertz CT molecular complexity index is 872. The summed E-state index contributed by atoms with van der Waals surface area (Å²) in [6.45, 7) is 4.00. The molecule has 0 fully saturated rings. The van der Waals surface area contributed by atoms with Gasteiger partial charge in [0.15, 0.2) is 0 Å². The lowest BCUT2D eigenvalue weighted by atomic mass is 9.94. The van der Waals surface area contributed by atoms with E-state index in [1.807, 2.05) is 19.9 Å². The number of fused-ring (bicyclic) bond motifs is 2. The number of rotatable bonds is 2. The average Bonchev–Trinajstić information content (AvgIpc) is 3.14. The molecule has 3 aliphatic rings. The number of hydrazine groups is 1. The van der Waals surface area contributed by atoms with Gasteiger partial charge in [-0.3, -0.25) is 4.79 Å². The summed E-state index contributed by atoms with van der Waals surface area (Å²) in [5.74, 6) is 0.258. The molecule has 0 aromatic heterocycles. The second-order valence-electron chi connectivity index (χ2n) is 6.25. The summed E-state index contributed by atoms with van der Waals surface area (Å²) in [5.41, 5.74) is 5.98. The minimum Gasteiger partial charge on any atom is -0.481 e. The highest BCUT2D eigenvalue weighted by Crippen LogP contribution is 2.39. The third kappa shape index (κ3) is 3.64. The molecule has 1 aromatic rings. The van der Waals surface area contributed by atoms with Crippen molar-refractivity contribution in [2.75, 3.05) is 12.4 Å². The number of nitrogens with zero attached hydrogens (tertiary/aromatic N) is 1. The van der Waals surface area contributed by atoms with Crippen molar-refractivity contribution in [2.24, 2.45) is 0 Å². The Hall–Kier alpha value is -2.74. The van der Waals surface area contributed by atoms with Crippen LogP contribution in [0.4, 0.5) is 18.9 Å². The van der Waals surface area contributed by atoms with Crippen molar-refractivity contribution in [1.29, 1.82) is 0 Å². The van der Waals surface area contributed by atoms with Gasteiger partial charge >= 0.3 is 6.18 Å². The molecule has 0 radical (unpaired) electrons. The van der Waals surface area contributed by atoms with E-state index in [0.29, 0.717) is 24.1 Å². The van der Waals surface area contributed by atoms with Gasteiger partial charge in [0, 0.05) is 23.8 Å². The number of anilines is 1. The van der Waals surface area contributed by atoms with Gasteiger partial charge in [-0.1, -0.05) is 19.9 Å². The fourth-order valence-electron chi connectivity index (χ4n) is 3.31. The van der Waals surface area contributed by atoms with Gasteiger partial charge in [-0.2, -0.15) is 13.2 Å². The van der Waals surface area contributed by atoms with E-state index in [0.717, 1.165) is 22.9 Å². The highest BCUT2D eigenvalue weighted by atomic mass is 19.4. The van der Waals surface area contributed by atoms with Crippen LogP contribution in [0.5, 0.6) is 0 Å². The number of hydrogen-bond acceptors (Lipinski definition) is 4. The van der Waals surface area contributed by atoms with Gasteiger partial charge in [0.05, 0.1) is 12.8 Å². The van der Waals surface area contributed by atoms with Gasteiger partial charge < -0.3 is 10.1 Å². The molecular weight excluding hydrogens is 371 g/mol. The molecule has 3 heterocycles. The minimum atomic E-state index is -4.41. The Morgan fingerprint density at radius 2 is 1.93 bits per heavy atom. The van der Waals surface area contributed by atoms with E-state index in [-0.39, 0.29) is 11.8 Å². The molecular formula is C20H22F3N3O2. The molecule has 1 amide bonds. The molecule has 3 aliphatic heterocycles. The van der Waals surface area contributed by atoms with Crippen molar-refractivity contribution in [2.45, 2.75) is 38.9 Å². The highest BCUT2D eigenvalue weighted by Gasteiger charge is 2.45. The molecule has 5 nitrogen and oxygen atoms in total. The van der Waals surface area contributed by atoms with Gasteiger partial charge in [-0.05, 0) is 41.8 Å². The molecule has 0 spiro atoms. The smallest absolute Gasteiger partial charge is 0.409 e. The van der Waals surface area contributed by atoms with E-state index in [1.54, 1.807) is 24.3 Å². The first kappa shape index (κ1) is 20.0. The Kier molecular flexibility index (Phi) is 5.51. The topological polar surface area (TPSA) is 53.6 Å². The summed E-state index contributed by atoms with van der Waals surface area (Å²) in [6, 6.07) is 3.70. The Balaban J connectivity index is 0.00000109. The number of carbonyl (C=O) groups excluding carboxylic acids is 1. The number of hydrogen-bond donors (Lipinski definition) is 2. The monoisotopic (exact) mass is 393 g/mol. The van der Waals surface area contributed by atoms with E-state index in [9.17, 15) is 18.0 Å². The van der Waals surface area contributed by atoms with Gasteiger partial charge in [0.2, 0.25) is 11.8 Å². The SMILES string of the molecule is CC.COC1=CC=C(c2ccc3c(c2)CCC(=O)N3)C2=CC(C(F)(F)F)NN12. The van der Waals surface area contributed by atoms with E-state index >= 15 is 0 Å². The molecule has 4 rings (SSSR count). The van der Waals surface area contributed by atoms with Crippen LogP contribution in [0.3, 0.4) is 0 Å². The lowest BCUT2D eigenvalue weighted by Crippen LogP contribution is -2.44. The van der Waals surface area contributed by atoms with Crippen LogP contribution in [0.2, 0.25) is 0 Å². The maximum Gasteiger partial charge on any atom is 0.409 e. The number of halogens is 3. The lowest BCUT2D eigenvalue weighted by Gasteiger charge is -2.29. The number of alkyl halides is 3. The van der Waals surface area contributed by atoms with Crippen molar-refractivity contribution < 1.29 is 22.7 Å². The summed E-state index contributed by atoms with van der Waals surface area (Å²) in [7, 11) is 1.41. The van der Waals surface area contributed by atoms with Gasteiger partial charge in [0.25, 0.3) is 0 Å². The maximum atomic E-state index is 13.2. The van der Waals surface area contributed by atoms with Crippen molar-refractivity contribution in [3.8, 4) is 0 Å². The predicted molar refractivity (Wildman–Crippen MR) is 101 cm³/mol. The van der Waals surface area contributed by atoms with Crippen molar-refractivity contribution >= 4 is 17.2 Å². The molecule has 1 atom stereocenters. The van der Waals surface area contributed by atoms with E-state index in [4.69, 9.17) is 4.74 Å². The molecule has 8 heteroatoms. The first-order chi connectivity index (χ1) is 13.4. The van der Waals surface area contributed by atoms with Crippen LogP contribution >= 0.6 is 0 Å². The zero-order valence-corrected chi connectivity index (χ0v) is 15.9. The van der Waals surface area contributed by atoms with E-state index in [2.05, 4.69) is 10.7 Å². The summed E-state index contributed by atoms with van der Waals surface area (Å²) in [5, 5.41) is 4.12. The molecule has 0 saturated carbocycles. The van der Waals surface area contributed by atoms with Gasteiger partial charge in [-0.25, -0.2) is 10.4 Å². The number of aryl methyl sites for hydroxylation is 1. The van der Waals surface area contributed by atoms with Crippen LogP contribution in [-0.4, -0.2) is 30.2 Å². The first-order valence-corrected chi connectivity index (χ1v) is 9.11. The van der Waals surface area contributed by atoms with E-state index in [1.165, 1.54) is 12.1 Å². The fraction of sp³-hybridized carbons (Fsp3) is 0.350. The van der Waals surface area contributed by atoms with Crippen LogP contribution in [0.1, 0.15) is 31.4 Å². The third-order valence-corrected chi connectivity index (χ3v) is 4.60. The summed E-state index contributed by atoms with van der Waals surface area (Å²) in [6.07, 6.45) is 1.11. The van der Waals surface area contributed by atoms with Crippen LogP contribution in [-0.2, 0) is 16.0 Å². The molecule has 1 aromatic carbocycles. The zero-order chi connectivity index (χ0) is 20.5. The number of allylic oxidation sites excluding steroid dienone is 3. The van der Waals surface area contributed by atoms with Gasteiger partial charge in [-0.15, -0.1) is 0 Å². The number of benzene rings is 1. The number of ether oxygens (including phenoxy) is 1. The Morgan fingerprint density at radius 1 is 1.18 bits per heavy atom. The quantitative estimate of drug-likeness (QED) is 0.794. The van der Waals surface area contributed by atoms with E-state index < -0.39 is 12.2 Å². The summed E-state index contributed by atoms with van der Waals surface area (Å²) < 4.78 is 44.7. The van der Waals surface area contributed by atoms with Crippen molar-refractivity contribution in [1.82, 2.24) is 10.4 Å². The zero-order valence-electron chi connectivity index (χ0n) is 15.9. The fourth-order valence-corrected chi connectivity index (χ4v) is 3.31. The molecule has 2 N–H and O–H groups in total. The Morgan fingerprint density at radius 3 is 2.61 bits per heavy atom.